The van der Waals surface area contributed by atoms with E-state index in [-0.39, 0.29) is 16.5 Å². The van der Waals surface area contributed by atoms with Crippen LogP contribution in [-0.4, -0.2) is 25.5 Å². The number of carboxylic acids is 1. The largest absolute Gasteiger partial charge is 0.478 e. The lowest BCUT2D eigenvalue weighted by Gasteiger charge is -2.17. The Morgan fingerprint density at radius 2 is 2.14 bits per heavy atom. The summed E-state index contributed by atoms with van der Waals surface area (Å²) in [7, 11) is -3.70. The van der Waals surface area contributed by atoms with E-state index in [0.717, 1.165) is 12.8 Å². The highest BCUT2D eigenvalue weighted by Gasteiger charge is 2.28. The maximum atomic E-state index is 12.4. The van der Waals surface area contributed by atoms with Gasteiger partial charge in [-0.05, 0) is 52.9 Å². The summed E-state index contributed by atoms with van der Waals surface area (Å²) < 4.78 is 27.8. The summed E-state index contributed by atoms with van der Waals surface area (Å²) in [6.07, 6.45) is 3.90. The van der Waals surface area contributed by atoms with Crippen LogP contribution in [0, 0.1) is 5.92 Å². The number of benzene rings is 1. The summed E-state index contributed by atoms with van der Waals surface area (Å²) in [5, 5.41) is 9.07. The standard InChI is InChI=1S/C14H18BrNO4S/c1-2-10(7-9-3-4-9)16-21(19,20)11-5-6-13(15)12(8-11)14(17)18/h5-6,8-10,16H,2-4,7H2,1H3,(H,17,18). The van der Waals surface area contributed by atoms with Crippen molar-refractivity contribution in [2.45, 2.75) is 43.5 Å². The van der Waals surface area contributed by atoms with Crippen LogP contribution in [-0.2, 0) is 10.0 Å². The van der Waals surface area contributed by atoms with Crippen LogP contribution in [0.1, 0.15) is 43.0 Å². The van der Waals surface area contributed by atoms with E-state index >= 15 is 0 Å². The van der Waals surface area contributed by atoms with Crippen LogP contribution in [0.4, 0.5) is 0 Å². The minimum Gasteiger partial charge on any atom is -0.478 e. The quantitative estimate of drug-likeness (QED) is 0.766. The maximum Gasteiger partial charge on any atom is 0.336 e. The van der Waals surface area contributed by atoms with Gasteiger partial charge in [-0.1, -0.05) is 19.8 Å². The Morgan fingerprint density at radius 3 is 2.67 bits per heavy atom. The van der Waals surface area contributed by atoms with Crippen LogP contribution < -0.4 is 4.72 Å². The van der Waals surface area contributed by atoms with E-state index in [9.17, 15) is 13.2 Å². The summed E-state index contributed by atoms with van der Waals surface area (Å²) in [6.45, 7) is 1.94. The van der Waals surface area contributed by atoms with Gasteiger partial charge in [0.05, 0.1) is 10.5 Å². The van der Waals surface area contributed by atoms with Gasteiger partial charge in [-0.2, -0.15) is 0 Å². The molecule has 1 atom stereocenters. The molecule has 1 aromatic rings. The normalized spacial score (nSPS) is 16.7. The van der Waals surface area contributed by atoms with Crippen molar-refractivity contribution in [2.75, 3.05) is 0 Å². The third kappa shape index (κ3) is 4.28. The molecule has 1 aromatic carbocycles. The predicted molar refractivity (Wildman–Crippen MR) is 82.8 cm³/mol. The lowest BCUT2D eigenvalue weighted by Crippen LogP contribution is -2.34. The summed E-state index contributed by atoms with van der Waals surface area (Å²) in [5.74, 6) is -0.541. The van der Waals surface area contributed by atoms with Gasteiger partial charge in [0, 0.05) is 10.5 Å². The van der Waals surface area contributed by atoms with Crippen molar-refractivity contribution in [2.24, 2.45) is 5.92 Å². The van der Waals surface area contributed by atoms with E-state index in [0.29, 0.717) is 10.4 Å². The van der Waals surface area contributed by atoms with Crippen LogP contribution in [0.3, 0.4) is 0 Å². The van der Waals surface area contributed by atoms with E-state index in [2.05, 4.69) is 20.7 Å². The van der Waals surface area contributed by atoms with Gasteiger partial charge in [0.15, 0.2) is 0 Å². The SMILES string of the molecule is CCC(CC1CC1)NS(=O)(=O)c1ccc(Br)c(C(=O)O)c1. The summed E-state index contributed by atoms with van der Waals surface area (Å²) in [6, 6.07) is 3.93. The molecule has 0 radical (unpaired) electrons. The molecule has 2 N–H and O–H groups in total. The third-order valence-electron chi connectivity index (χ3n) is 3.61. The van der Waals surface area contributed by atoms with Gasteiger partial charge >= 0.3 is 5.97 Å². The van der Waals surface area contributed by atoms with Crippen molar-refractivity contribution >= 4 is 31.9 Å². The van der Waals surface area contributed by atoms with Gasteiger partial charge in [-0.15, -0.1) is 0 Å². The van der Waals surface area contributed by atoms with Gasteiger partial charge in [-0.25, -0.2) is 17.9 Å². The van der Waals surface area contributed by atoms with Gasteiger partial charge in [0.1, 0.15) is 0 Å². The second-order valence-corrected chi connectivity index (χ2v) is 7.92. The molecule has 1 saturated carbocycles. The molecule has 21 heavy (non-hydrogen) atoms. The first kappa shape index (κ1) is 16.5. The van der Waals surface area contributed by atoms with Gasteiger partial charge in [0.25, 0.3) is 0 Å². The van der Waals surface area contributed by atoms with Crippen molar-refractivity contribution in [3.8, 4) is 0 Å². The molecule has 7 heteroatoms. The fourth-order valence-corrected chi connectivity index (χ4v) is 3.95. The van der Waals surface area contributed by atoms with Crippen molar-refractivity contribution in [1.82, 2.24) is 4.72 Å². The number of halogens is 1. The Bertz CT molecular complexity index is 640. The molecule has 1 fully saturated rings. The lowest BCUT2D eigenvalue weighted by atomic mass is 10.1. The Hall–Kier alpha value is -0.920. The molecule has 116 valence electrons. The molecule has 0 amide bonds. The second kappa shape index (κ2) is 6.46. The van der Waals surface area contributed by atoms with E-state index in [1.54, 1.807) is 0 Å². The summed E-state index contributed by atoms with van der Waals surface area (Å²) in [4.78, 5) is 11.1. The number of aromatic carboxylic acids is 1. The van der Waals surface area contributed by atoms with Gasteiger partial charge in [0.2, 0.25) is 10.0 Å². The van der Waals surface area contributed by atoms with E-state index in [4.69, 9.17) is 5.11 Å². The predicted octanol–water partition coefficient (Wildman–Crippen LogP) is 3.00. The summed E-state index contributed by atoms with van der Waals surface area (Å²) in [5.41, 5.74) is -0.0619. The Balaban J connectivity index is 2.21. The molecule has 0 heterocycles. The zero-order valence-electron chi connectivity index (χ0n) is 11.7. The highest BCUT2D eigenvalue weighted by molar-refractivity contribution is 9.10. The first-order valence-electron chi connectivity index (χ1n) is 6.88. The molecule has 1 aliphatic carbocycles. The van der Waals surface area contributed by atoms with Gasteiger partial charge < -0.3 is 5.11 Å². The van der Waals surface area contributed by atoms with Gasteiger partial charge in [-0.3, -0.25) is 0 Å². The molecule has 0 aromatic heterocycles. The highest BCUT2D eigenvalue weighted by Crippen LogP contribution is 2.34. The number of carboxylic acid groups (broad SMARTS) is 1. The number of hydrogen-bond donors (Lipinski definition) is 2. The van der Waals surface area contributed by atoms with Crippen molar-refractivity contribution in [3.05, 3.63) is 28.2 Å². The molecule has 1 aliphatic rings. The highest BCUT2D eigenvalue weighted by atomic mass is 79.9. The molecular weight excluding hydrogens is 358 g/mol. The topological polar surface area (TPSA) is 83.5 Å². The van der Waals surface area contributed by atoms with E-state index < -0.39 is 16.0 Å². The fraction of sp³-hybridized carbons (Fsp3) is 0.500. The maximum absolute atomic E-state index is 12.4. The minimum atomic E-state index is -3.70. The summed E-state index contributed by atoms with van der Waals surface area (Å²) >= 11 is 3.11. The number of nitrogens with one attached hydrogen (secondary N) is 1. The molecule has 0 aliphatic heterocycles. The average Bonchev–Trinajstić information content (AvgIpc) is 3.21. The van der Waals surface area contributed by atoms with Crippen molar-refractivity contribution < 1.29 is 18.3 Å². The second-order valence-electron chi connectivity index (χ2n) is 5.35. The smallest absolute Gasteiger partial charge is 0.336 e. The van der Waals surface area contributed by atoms with Crippen molar-refractivity contribution in [3.63, 3.8) is 0 Å². The van der Waals surface area contributed by atoms with Crippen LogP contribution in [0.15, 0.2) is 27.6 Å². The molecule has 1 unspecified atom stereocenters. The average molecular weight is 376 g/mol. The number of carbonyl (C=O) groups is 1. The minimum absolute atomic E-state index is 0.0163. The molecular formula is C14H18BrNO4S. The molecule has 0 bridgehead atoms. The Morgan fingerprint density at radius 1 is 1.48 bits per heavy atom. The number of sulfonamides is 1. The first-order chi connectivity index (χ1) is 9.83. The zero-order valence-corrected chi connectivity index (χ0v) is 14.1. The van der Waals surface area contributed by atoms with E-state index in [1.807, 2.05) is 6.92 Å². The number of rotatable bonds is 7. The van der Waals surface area contributed by atoms with Crippen molar-refractivity contribution in [1.29, 1.82) is 0 Å². The molecule has 0 spiro atoms. The first-order valence-corrected chi connectivity index (χ1v) is 9.16. The fourth-order valence-electron chi connectivity index (χ4n) is 2.18. The Kier molecular flexibility index (Phi) is 5.06. The van der Waals surface area contributed by atoms with Crippen LogP contribution in [0.5, 0.6) is 0 Å². The Labute approximate surface area is 132 Å². The van der Waals surface area contributed by atoms with Crippen LogP contribution in [0.25, 0.3) is 0 Å². The third-order valence-corrected chi connectivity index (χ3v) is 5.82. The number of hydrogen-bond acceptors (Lipinski definition) is 3. The zero-order chi connectivity index (χ0) is 15.6. The van der Waals surface area contributed by atoms with Crippen LogP contribution in [0.2, 0.25) is 0 Å². The molecule has 2 rings (SSSR count). The molecule has 0 saturated heterocycles. The molecule has 5 nitrogen and oxygen atoms in total. The van der Waals surface area contributed by atoms with Crippen LogP contribution >= 0.6 is 15.9 Å². The lowest BCUT2D eigenvalue weighted by molar-refractivity contribution is 0.0695. The van der Waals surface area contributed by atoms with E-state index in [1.165, 1.54) is 31.0 Å². The monoisotopic (exact) mass is 375 g/mol.